The van der Waals surface area contributed by atoms with Crippen LogP contribution in [0.5, 0.6) is 0 Å². The van der Waals surface area contributed by atoms with Gasteiger partial charge in [-0.05, 0) is 18.8 Å². The van der Waals surface area contributed by atoms with Crippen molar-refractivity contribution in [2.45, 2.75) is 12.8 Å². The number of aromatic nitrogens is 2. The number of amides is 1. The Labute approximate surface area is 106 Å². The maximum atomic E-state index is 11.8. The van der Waals surface area contributed by atoms with Crippen LogP contribution in [0.3, 0.4) is 0 Å². The first-order valence-electron chi connectivity index (χ1n) is 6.15. The Morgan fingerprint density at radius 1 is 1.50 bits per heavy atom. The summed E-state index contributed by atoms with van der Waals surface area (Å²) >= 11 is 0. The van der Waals surface area contributed by atoms with E-state index in [-0.39, 0.29) is 5.91 Å². The van der Waals surface area contributed by atoms with E-state index >= 15 is 0 Å². The predicted octanol–water partition coefficient (Wildman–Crippen LogP) is 0.675. The van der Waals surface area contributed by atoms with Gasteiger partial charge in [0.1, 0.15) is 11.5 Å². The van der Waals surface area contributed by atoms with Gasteiger partial charge in [0.15, 0.2) is 0 Å². The third kappa shape index (κ3) is 3.40. The molecule has 6 nitrogen and oxygen atoms in total. The zero-order valence-corrected chi connectivity index (χ0v) is 10.5. The Bertz CT molecular complexity index is 388. The van der Waals surface area contributed by atoms with Crippen LogP contribution in [0.4, 0.5) is 5.82 Å². The molecule has 0 bridgehead atoms. The summed E-state index contributed by atoms with van der Waals surface area (Å²) in [6.07, 6.45) is 5.18. The van der Waals surface area contributed by atoms with Crippen molar-refractivity contribution in [2.24, 2.45) is 5.92 Å². The smallest absolute Gasteiger partial charge is 0.271 e. The molecule has 2 N–H and O–H groups in total. The van der Waals surface area contributed by atoms with E-state index in [1.54, 1.807) is 13.2 Å². The molecule has 98 valence electrons. The van der Waals surface area contributed by atoms with Crippen LogP contribution in [-0.4, -0.2) is 42.7 Å². The molecule has 0 radical (unpaired) electrons. The minimum atomic E-state index is -0.185. The first-order chi connectivity index (χ1) is 8.79. The second-order valence-corrected chi connectivity index (χ2v) is 4.33. The molecule has 0 saturated carbocycles. The average molecular weight is 250 g/mol. The van der Waals surface area contributed by atoms with Crippen molar-refractivity contribution in [1.29, 1.82) is 0 Å². The van der Waals surface area contributed by atoms with Crippen LogP contribution in [-0.2, 0) is 4.74 Å². The highest BCUT2D eigenvalue weighted by Gasteiger charge is 2.15. The Balaban J connectivity index is 1.82. The summed E-state index contributed by atoms with van der Waals surface area (Å²) in [5, 5.41) is 5.72. The number of nitrogens with zero attached hydrogens (tertiary/aromatic N) is 2. The number of hydrogen-bond donors (Lipinski definition) is 2. The molecular weight excluding hydrogens is 232 g/mol. The van der Waals surface area contributed by atoms with Crippen LogP contribution < -0.4 is 10.6 Å². The molecule has 1 saturated heterocycles. The highest BCUT2D eigenvalue weighted by atomic mass is 16.5. The average Bonchev–Trinajstić information content (AvgIpc) is 2.46. The van der Waals surface area contributed by atoms with Gasteiger partial charge in [-0.1, -0.05) is 0 Å². The molecule has 2 rings (SSSR count). The van der Waals surface area contributed by atoms with Gasteiger partial charge in [0.05, 0.1) is 19.0 Å². The van der Waals surface area contributed by atoms with E-state index in [2.05, 4.69) is 20.6 Å². The summed E-state index contributed by atoms with van der Waals surface area (Å²) in [5.41, 5.74) is 0.339. The lowest BCUT2D eigenvalue weighted by Gasteiger charge is -2.22. The molecule has 1 aliphatic rings. The number of carbonyl (C=O) groups excluding carboxylic acids is 1. The number of hydrogen-bond acceptors (Lipinski definition) is 5. The fourth-order valence-corrected chi connectivity index (χ4v) is 1.87. The van der Waals surface area contributed by atoms with E-state index in [4.69, 9.17) is 4.74 Å². The number of nitrogens with one attached hydrogen (secondary N) is 2. The lowest BCUT2D eigenvalue weighted by Crippen LogP contribution is -2.33. The zero-order chi connectivity index (χ0) is 12.8. The first-order valence-corrected chi connectivity index (χ1v) is 6.15. The Morgan fingerprint density at radius 2 is 2.39 bits per heavy atom. The zero-order valence-electron chi connectivity index (χ0n) is 10.5. The van der Waals surface area contributed by atoms with Crippen LogP contribution in [0.25, 0.3) is 0 Å². The van der Waals surface area contributed by atoms with Crippen molar-refractivity contribution in [3.05, 3.63) is 18.1 Å². The predicted molar refractivity (Wildman–Crippen MR) is 67.5 cm³/mol. The molecule has 1 unspecified atom stereocenters. The summed E-state index contributed by atoms with van der Waals surface area (Å²) in [7, 11) is 1.76. The van der Waals surface area contributed by atoms with E-state index in [0.29, 0.717) is 24.0 Å². The molecule has 1 aliphatic heterocycles. The standard InChI is InChI=1S/C12H18N4O2/c1-13-11-7-14-10(6-15-11)12(17)16-5-9-3-2-4-18-8-9/h6-7,9H,2-5,8H2,1H3,(H,13,15)(H,16,17). The van der Waals surface area contributed by atoms with Crippen LogP contribution in [0.15, 0.2) is 12.4 Å². The van der Waals surface area contributed by atoms with Gasteiger partial charge in [-0.25, -0.2) is 9.97 Å². The van der Waals surface area contributed by atoms with Crippen LogP contribution in [0.2, 0.25) is 0 Å². The van der Waals surface area contributed by atoms with Gasteiger partial charge in [-0.2, -0.15) is 0 Å². The number of rotatable bonds is 4. The van der Waals surface area contributed by atoms with E-state index in [1.165, 1.54) is 6.20 Å². The summed E-state index contributed by atoms with van der Waals surface area (Å²) in [4.78, 5) is 19.9. The van der Waals surface area contributed by atoms with E-state index in [0.717, 1.165) is 26.1 Å². The van der Waals surface area contributed by atoms with Gasteiger partial charge in [-0.15, -0.1) is 0 Å². The maximum Gasteiger partial charge on any atom is 0.271 e. The number of anilines is 1. The van der Waals surface area contributed by atoms with Gasteiger partial charge >= 0.3 is 0 Å². The number of ether oxygens (including phenoxy) is 1. The van der Waals surface area contributed by atoms with Crippen LogP contribution in [0.1, 0.15) is 23.3 Å². The third-order valence-electron chi connectivity index (χ3n) is 2.95. The molecule has 1 atom stereocenters. The SMILES string of the molecule is CNc1cnc(C(=O)NCC2CCCOC2)cn1. The molecule has 2 heterocycles. The van der Waals surface area contributed by atoms with Crippen molar-refractivity contribution < 1.29 is 9.53 Å². The van der Waals surface area contributed by atoms with Crippen molar-refractivity contribution in [2.75, 3.05) is 32.1 Å². The fraction of sp³-hybridized carbons (Fsp3) is 0.583. The van der Waals surface area contributed by atoms with E-state index in [1.807, 2.05) is 0 Å². The molecule has 0 spiro atoms. The largest absolute Gasteiger partial charge is 0.381 e. The minimum absolute atomic E-state index is 0.185. The highest BCUT2D eigenvalue weighted by molar-refractivity contribution is 5.91. The number of carbonyl (C=O) groups is 1. The highest BCUT2D eigenvalue weighted by Crippen LogP contribution is 2.12. The van der Waals surface area contributed by atoms with Crippen molar-refractivity contribution in [3.63, 3.8) is 0 Å². The fourth-order valence-electron chi connectivity index (χ4n) is 1.87. The summed E-state index contributed by atoms with van der Waals surface area (Å²) in [5.74, 6) is 0.871. The van der Waals surface area contributed by atoms with Crippen molar-refractivity contribution >= 4 is 11.7 Å². The second-order valence-electron chi connectivity index (χ2n) is 4.33. The molecule has 6 heteroatoms. The topological polar surface area (TPSA) is 76.1 Å². The summed E-state index contributed by atoms with van der Waals surface area (Å²) in [6, 6.07) is 0. The molecule has 0 aromatic carbocycles. The Morgan fingerprint density at radius 3 is 3.00 bits per heavy atom. The molecular formula is C12H18N4O2. The monoisotopic (exact) mass is 250 g/mol. The first kappa shape index (κ1) is 12.8. The second kappa shape index (κ2) is 6.30. The van der Waals surface area contributed by atoms with Crippen LogP contribution >= 0.6 is 0 Å². The van der Waals surface area contributed by atoms with E-state index < -0.39 is 0 Å². The third-order valence-corrected chi connectivity index (χ3v) is 2.95. The van der Waals surface area contributed by atoms with E-state index in [9.17, 15) is 4.79 Å². The lowest BCUT2D eigenvalue weighted by molar-refractivity contribution is 0.0535. The normalized spacial score (nSPS) is 19.3. The molecule has 1 aromatic rings. The van der Waals surface area contributed by atoms with Gasteiger partial charge < -0.3 is 15.4 Å². The van der Waals surface area contributed by atoms with Gasteiger partial charge in [0.25, 0.3) is 5.91 Å². The van der Waals surface area contributed by atoms with Crippen molar-refractivity contribution in [1.82, 2.24) is 15.3 Å². The lowest BCUT2D eigenvalue weighted by atomic mass is 10.0. The molecule has 18 heavy (non-hydrogen) atoms. The van der Waals surface area contributed by atoms with Crippen LogP contribution in [0, 0.1) is 5.92 Å². The van der Waals surface area contributed by atoms with Gasteiger partial charge in [0, 0.05) is 20.2 Å². The molecule has 0 aliphatic carbocycles. The molecule has 1 fully saturated rings. The Kier molecular flexibility index (Phi) is 4.46. The van der Waals surface area contributed by atoms with Crippen molar-refractivity contribution in [3.8, 4) is 0 Å². The van der Waals surface area contributed by atoms with Gasteiger partial charge in [-0.3, -0.25) is 4.79 Å². The van der Waals surface area contributed by atoms with Gasteiger partial charge in [0.2, 0.25) is 0 Å². The molecule has 1 amide bonds. The quantitative estimate of drug-likeness (QED) is 0.821. The minimum Gasteiger partial charge on any atom is -0.381 e. The summed E-state index contributed by atoms with van der Waals surface area (Å²) in [6.45, 7) is 2.19. The molecule has 1 aromatic heterocycles. The maximum absolute atomic E-state index is 11.8. The summed E-state index contributed by atoms with van der Waals surface area (Å²) < 4.78 is 5.36. The Hall–Kier alpha value is -1.69.